The first kappa shape index (κ1) is 24.0. The molecule has 186 valence electrons. The van der Waals surface area contributed by atoms with Crippen molar-refractivity contribution in [3.8, 4) is 5.69 Å². The second kappa shape index (κ2) is 9.86. The molecule has 3 aromatic rings. The molecule has 1 amide bonds. The number of hydrogen-bond acceptors (Lipinski definition) is 4. The minimum Gasteiger partial charge on any atom is -0.283 e. The number of amides is 1. The van der Waals surface area contributed by atoms with E-state index in [2.05, 4.69) is 10.4 Å². The van der Waals surface area contributed by atoms with Gasteiger partial charge in [-0.2, -0.15) is 16.9 Å². The molecule has 6 rings (SSSR count). The average molecular weight is 543 g/mol. The summed E-state index contributed by atoms with van der Waals surface area (Å²) in [7, 11) is 0. The van der Waals surface area contributed by atoms with Crippen LogP contribution >= 0.6 is 35.0 Å². The van der Waals surface area contributed by atoms with Gasteiger partial charge < -0.3 is 0 Å². The Kier molecular flexibility index (Phi) is 6.58. The van der Waals surface area contributed by atoms with Crippen LogP contribution in [-0.4, -0.2) is 39.5 Å². The highest BCUT2D eigenvalue weighted by atomic mass is 35.5. The molecule has 2 aliphatic heterocycles. The lowest BCUT2D eigenvalue weighted by Crippen LogP contribution is -2.42. The van der Waals surface area contributed by atoms with Crippen molar-refractivity contribution in [3.63, 3.8) is 0 Å². The lowest BCUT2D eigenvalue weighted by atomic mass is 10.0. The first-order chi connectivity index (χ1) is 17.5. The van der Waals surface area contributed by atoms with Gasteiger partial charge >= 0.3 is 0 Å². The highest BCUT2D eigenvalue weighted by molar-refractivity contribution is 7.99. The van der Waals surface area contributed by atoms with E-state index in [9.17, 15) is 9.18 Å². The van der Waals surface area contributed by atoms with Crippen molar-refractivity contribution >= 4 is 52.5 Å². The second-order valence-electron chi connectivity index (χ2n) is 9.69. The molecule has 2 aromatic carbocycles. The van der Waals surface area contributed by atoms with Gasteiger partial charge in [-0.05, 0) is 72.2 Å². The Morgan fingerprint density at radius 2 is 1.83 bits per heavy atom. The largest absolute Gasteiger partial charge is 0.284 e. The highest BCUT2D eigenvalue weighted by Gasteiger charge is 2.38. The molecule has 1 saturated carbocycles. The Bertz CT molecular complexity index is 1340. The van der Waals surface area contributed by atoms with E-state index in [4.69, 9.17) is 28.3 Å². The van der Waals surface area contributed by atoms with Gasteiger partial charge in [0.15, 0.2) is 0 Å². The van der Waals surface area contributed by atoms with E-state index in [1.54, 1.807) is 46.8 Å². The Hall–Kier alpha value is -2.32. The first-order valence-electron chi connectivity index (χ1n) is 12.1. The minimum atomic E-state index is -0.275. The number of halogens is 3. The molecule has 5 nitrogen and oxygen atoms in total. The van der Waals surface area contributed by atoms with Crippen LogP contribution in [0.4, 0.5) is 4.39 Å². The molecule has 2 fully saturated rings. The molecule has 0 spiro atoms. The summed E-state index contributed by atoms with van der Waals surface area (Å²) in [4.78, 5) is 13.8. The summed E-state index contributed by atoms with van der Waals surface area (Å²) in [5.41, 5.74) is 7.78. The Labute approximate surface area is 223 Å². The number of rotatable bonds is 4. The number of nitrogens with zero attached hydrogens (tertiary/aromatic N) is 3. The fourth-order valence-corrected chi connectivity index (χ4v) is 7.14. The molecule has 2 atom stereocenters. The molecule has 36 heavy (non-hydrogen) atoms. The number of benzene rings is 2. The Morgan fingerprint density at radius 3 is 2.56 bits per heavy atom. The van der Waals surface area contributed by atoms with Gasteiger partial charge in [-0.3, -0.25) is 10.2 Å². The SMILES string of the molecule is O=C(NN1CC2CCCC2C1)c1c2c(nn1-c1ccc(Cl)cc1Cl)C(=Cc1ccc(F)cc1)CSC2. The quantitative estimate of drug-likeness (QED) is 0.409. The van der Waals surface area contributed by atoms with Crippen LogP contribution in [-0.2, 0) is 5.75 Å². The molecule has 1 saturated heterocycles. The normalized spacial score (nSPS) is 22.6. The van der Waals surface area contributed by atoms with Gasteiger partial charge in [0, 0.05) is 35.2 Å². The van der Waals surface area contributed by atoms with Gasteiger partial charge in [-0.25, -0.2) is 14.1 Å². The molecule has 0 radical (unpaired) electrons. The number of hydrogen-bond donors (Lipinski definition) is 1. The van der Waals surface area contributed by atoms with Crippen LogP contribution in [0.5, 0.6) is 0 Å². The van der Waals surface area contributed by atoms with Crippen LogP contribution in [0.25, 0.3) is 17.3 Å². The van der Waals surface area contributed by atoms with E-state index >= 15 is 0 Å². The average Bonchev–Trinajstić information content (AvgIpc) is 3.54. The maximum atomic E-state index is 13.8. The van der Waals surface area contributed by atoms with Crippen molar-refractivity contribution in [1.29, 1.82) is 0 Å². The van der Waals surface area contributed by atoms with Gasteiger partial charge in [-0.1, -0.05) is 41.8 Å². The summed E-state index contributed by atoms with van der Waals surface area (Å²) in [6.45, 7) is 1.78. The third-order valence-corrected chi connectivity index (χ3v) is 8.89. The number of carbonyl (C=O) groups excluding carboxylic acids is 1. The monoisotopic (exact) mass is 542 g/mol. The van der Waals surface area contributed by atoms with Crippen LogP contribution < -0.4 is 5.43 Å². The predicted molar refractivity (Wildman–Crippen MR) is 144 cm³/mol. The standard InChI is InChI=1S/C27H25Cl2FN4OS/c28-20-6-9-24(23(29)11-20)34-26(27(35)32-33-12-17-2-1-3-18(17)13-33)22-15-36-14-19(25(22)31-34)10-16-4-7-21(30)8-5-16/h4-11,17-18H,1-3,12-15H2,(H,32,35). The summed E-state index contributed by atoms with van der Waals surface area (Å²) < 4.78 is 15.1. The zero-order valence-corrected chi connectivity index (χ0v) is 21.8. The maximum absolute atomic E-state index is 13.8. The van der Waals surface area contributed by atoms with Crippen molar-refractivity contribution in [2.24, 2.45) is 11.8 Å². The van der Waals surface area contributed by atoms with Crippen molar-refractivity contribution in [2.45, 2.75) is 25.0 Å². The van der Waals surface area contributed by atoms with E-state index in [0.717, 1.165) is 41.2 Å². The number of thioether (sulfide) groups is 1. The van der Waals surface area contributed by atoms with Gasteiger partial charge in [0.2, 0.25) is 0 Å². The molecule has 3 aliphatic rings. The van der Waals surface area contributed by atoms with Crippen molar-refractivity contribution in [1.82, 2.24) is 20.2 Å². The van der Waals surface area contributed by atoms with Crippen molar-refractivity contribution in [3.05, 3.63) is 80.8 Å². The summed E-state index contributed by atoms with van der Waals surface area (Å²) in [6.07, 6.45) is 5.76. The zero-order chi connectivity index (χ0) is 24.8. The topological polar surface area (TPSA) is 50.2 Å². The Morgan fingerprint density at radius 1 is 1.08 bits per heavy atom. The lowest BCUT2D eigenvalue weighted by Gasteiger charge is -2.20. The summed E-state index contributed by atoms with van der Waals surface area (Å²) >= 11 is 14.5. The van der Waals surface area contributed by atoms with Gasteiger partial charge in [0.05, 0.1) is 16.4 Å². The third-order valence-electron chi connectivity index (χ3n) is 7.34. The summed E-state index contributed by atoms with van der Waals surface area (Å²) in [5.74, 6) is 2.27. The number of hydrazine groups is 1. The highest BCUT2D eigenvalue weighted by Crippen LogP contribution is 2.39. The third kappa shape index (κ3) is 4.58. The molecule has 0 bridgehead atoms. The lowest BCUT2D eigenvalue weighted by molar-refractivity contribution is 0.0805. The molecule has 1 aliphatic carbocycles. The fourth-order valence-electron chi connectivity index (χ4n) is 5.63. The van der Waals surface area contributed by atoms with Crippen LogP contribution in [0, 0.1) is 17.7 Å². The molecule has 1 N–H and O–H groups in total. The van der Waals surface area contributed by atoms with Gasteiger partial charge in [0.1, 0.15) is 11.5 Å². The van der Waals surface area contributed by atoms with Crippen LogP contribution in [0.3, 0.4) is 0 Å². The molecule has 1 aromatic heterocycles. The molecule has 2 unspecified atom stereocenters. The van der Waals surface area contributed by atoms with E-state index < -0.39 is 0 Å². The number of aromatic nitrogens is 2. The van der Waals surface area contributed by atoms with Crippen LogP contribution in [0.1, 0.15) is 46.6 Å². The number of fused-ring (bicyclic) bond motifs is 2. The zero-order valence-electron chi connectivity index (χ0n) is 19.5. The minimum absolute atomic E-state index is 0.182. The molecular formula is C27H25Cl2FN4OS. The maximum Gasteiger partial charge on any atom is 0.284 e. The Balaban J connectivity index is 1.41. The van der Waals surface area contributed by atoms with Crippen LogP contribution in [0.2, 0.25) is 10.0 Å². The van der Waals surface area contributed by atoms with E-state index in [1.165, 1.54) is 31.4 Å². The number of nitrogens with one attached hydrogen (secondary N) is 1. The number of carbonyl (C=O) groups is 1. The smallest absolute Gasteiger partial charge is 0.283 e. The second-order valence-corrected chi connectivity index (χ2v) is 11.5. The first-order valence-corrected chi connectivity index (χ1v) is 14.0. The molecule has 9 heteroatoms. The van der Waals surface area contributed by atoms with Gasteiger partial charge in [0.25, 0.3) is 5.91 Å². The molecule has 3 heterocycles. The van der Waals surface area contributed by atoms with Crippen LogP contribution in [0.15, 0.2) is 42.5 Å². The van der Waals surface area contributed by atoms with Crippen molar-refractivity contribution in [2.75, 3.05) is 18.8 Å². The predicted octanol–water partition coefficient (Wildman–Crippen LogP) is 6.48. The van der Waals surface area contributed by atoms with E-state index in [1.807, 2.05) is 6.08 Å². The van der Waals surface area contributed by atoms with Crippen molar-refractivity contribution < 1.29 is 9.18 Å². The fraction of sp³-hybridized carbons (Fsp3) is 0.333. The summed E-state index contributed by atoms with van der Waals surface area (Å²) in [6, 6.07) is 11.6. The molecular weight excluding hydrogens is 518 g/mol. The van der Waals surface area contributed by atoms with Gasteiger partial charge in [-0.15, -0.1) is 0 Å². The van der Waals surface area contributed by atoms with E-state index in [0.29, 0.717) is 39.0 Å². The van der Waals surface area contributed by atoms with E-state index in [-0.39, 0.29) is 11.7 Å². The summed E-state index contributed by atoms with van der Waals surface area (Å²) in [5, 5.41) is 7.91.